The Morgan fingerprint density at radius 1 is 1.31 bits per heavy atom. The Labute approximate surface area is 156 Å². The third-order valence-corrected chi connectivity index (χ3v) is 4.56. The number of hydrogen-bond acceptors (Lipinski definition) is 5. The molecule has 0 spiro atoms. The first-order chi connectivity index (χ1) is 12.6. The molecule has 1 aliphatic carbocycles. The Kier molecular flexibility index (Phi) is 5.78. The van der Waals surface area contributed by atoms with E-state index >= 15 is 0 Å². The van der Waals surface area contributed by atoms with Gasteiger partial charge in [0.05, 0.1) is 19.3 Å². The number of esters is 1. The van der Waals surface area contributed by atoms with E-state index < -0.39 is 18.5 Å². The van der Waals surface area contributed by atoms with E-state index in [2.05, 4.69) is 10.4 Å². The van der Waals surface area contributed by atoms with Crippen LogP contribution in [0.2, 0.25) is 5.02 Å². The molecule has 1 fully saturated rings. The number of halogens is 1. The smallest absolute Gasteiger partial charge is 0.342 e. The summed E-state index contributed by atoms with van der Waals surface area (Å²) in [5, 5.41) is 7.41. The number of amides is 1. The number of ether oxygens (including phenoxy) is 2. The fraction of sp³-hybridized carbons (Fsp3) is 0.389. The van der Waals surface area contributed by atoms with E-state index in [1.807, 2.05) is 4.68 Å². The molecule has 1 heterocycles. The number of nitrogens with zero attached hydrogens (tertiary/aromatic N) is 2. The summed E-state index contributed by atoms with van der Waals surface area (Å²) in [7, 11) is 1.44. The van der Waals surface area contributed by atoms with Gasteiger partial charge in [-0.1, -0.05) is 24.4 Å². The summed E-state index contributed by atoms with van der Waals surface area (Å²) in [6, 6.07) is 6.65. The van der Waals surface area contributed by atoms with Crippen LogP contribution in [0.15, 0.2) is 30.5 Å². The molecule has 0 atom stereocenters. The predicted molar refractivity (Wildman–Crippen MR) is 96.6 cm³/mol. The molecule has 1 aromatic heterocycles. The van der Waals surface area contributed by atoms with E-state index in [4.69, 9.17) is 21.1 Å². The first kappa shape index (κ1) is 18.3. The quantitative estimate of drug-likeness (QED) is 0.779. The van der Waals surface area contributed by atoms with Crippen LogP contribution in [0.1, 0.15) is 42.1 Å². The molecule has 0 unspecified atom stereocenters. The Bertz CT molecular complexity index is 799. The Morgan fingerprint density at radius 3 is 2.81 bits per heavy atom. The van der Waals surface area contributed by atoms with E-state index in [1.165, 1.54) is 13.2 Å². The lowest BCUT2D eigenvalue weighted by molar-refractivity contribution is -0.119. The molecule has 138 valence electrons. The standard InChI is InChI=1S/C18H20ClN3O4/c1-25-15-7-6-12(19)10-14(15)18(24)26-11-17(23)21-16-8-9-20-22(16)13-4-2-3-5-13/h6-10,13H,2-5,11H2,1H3,(H,21,23). The maximum absolute atomic E-state index is 12.2. The Morgan fingerprint density at radius 2 is 2.08 bits per heavy atom. The van der Waals surface area contributed by atoms with Crippen LogP contribution in [0.3, 0.4) is 0 Å². The van der Waals surface area contributed by atoms with Crippen molar-refractivity contribution in [1.82, 2.24) is 9.78 Å². The van der Waals surface area contributed by atoms with Crippen LogP contribution in [0, 0.1) is 0 Å². The van der Waals surface area contributed by atoms with Crippen molar-refractivity contribution in [3.8, 4) is 5.75 Å². The highest BCUT2D eigenvalue weighted by Gasteiger charge is 2.21. The van der Waals surface area contributed by atoms with Crippen molar-refractivity contribution in [1.29, 1.82) is 0 Å². The van der Waals surface area contributed by atoms with Gasteiger partial charge in [0, 0.05) is 11.1 Å². The second-order valence-electron chi connectivity index (χ2n) is 6.07. The molecule has 1 N–H and O–H groups in total. The molecule has 1 aliphatic rings. The molecule has 26 heavy (non-hydrogen) atoms. The average Bonchev–Trinajstić information content (AvgIpc) is 3.31. The lowest BCUT2D eigenvalue weighted by atomic mass is 10.2. The minimum atomic E-state index is -0.677. The maximum Gasteiger partial charge on any atom is 0.342 e. The molecule has 3 rings (SSSR count). The number of anilines is 1. The summed E-state index contributed by atoms with van der Waals surface area (Å²) in [5.74, 6) is -0.166. The van der Waals surface area contributed by atoms with Crippen molar-refractivity contribution in [3.63, 3.8) is 0 Å². The van der Waals surface area contributed by atoms with Gasteiger partial charge in [0.1, 0.15) is 17.1 Å². The van der Waals surface area contributed by atoms with Crippen LogP contribution in [0.25, 0.3) is 0 Å². The number of carbonyl (C=O) groups is 2. The minimum absolute atomic E-state index is 0.170. The van der Waals surface area contributed by atoms with Gasteiger partial charge < -0.3 is 14.8 Å². The van der Waals surface area contributed by atoms with Gasteiger partial charge >= 0.3 is 5.97 Å². The number of hydrogen-bond donors (Lipinski definition) is 1. The summed E-state index contributed by atoms with van der Waals surface area (Å²) in [5.41, 5.74) is 0.170. The normalized spacial score (nSPS) is 14.2. The van der Waals surface area contributed by atoms with Gasteiger partial charge in [0.2, 0.25) is 0 Å². The summed E-state index contributed by atoms with van der Waals surface area (Å²) >= 11 is 5.90. The lowest BCUT2D eigenvalue weighted by Crippen LogP contribution is -2.23. The third-order valence-electron chi connectivity index (χ3n) is 4.32. The summed E-state index contributed by atoms with van der Waals surface area (Å²) in [6.45, 7) is -0.412. The number of aromatic nitrogens is 2. The Balaban J connectivity index is 1.59. The average molecular weight is 378 g/mol. The number of nitrogens with one attached hydrogen (secondary N) is 1. The zero-order valence-electron chi connectivity index (χ0n) is 14.4. The number of carbonyl (C=O) groups excluding carboxylic acids is 2. The molecule has 7 nitrogen and oxygen atoms in total. The molecular weight excluding hydrogens is 358 g/mol. The van der Waals surface area contributed by atoms with Crippen LogP contribution in [-0.2, 0) is 9.53 Å². The molecule has 0 bridgehead atoms. The molecule has 1 saturated carbocycles. The second-order valence-corrected chi connectivity index (χ2v) is 6.50. The Hall–Kier alpha value is -2.54. The van der Waals surface area contributed by atoms with E-state index in [-0.39, 0.29) is 5.56 Å². The largest absolute Gasteiger partial charge is 0.496 e. The molecule has 1 amide bonds. The maximum atomic E-state index is 12.2. The summed E-state index contributed by atoms with van der Waals surface area (Å²) in [6.07, 6.45) is 6.08. The first-order valence-electron chi connectivity index (χ1n) is 8.42. The van der Waals surface area contributed by atoms with Gasteiger partial charge in [-0.2, -0.15) is 5.10 Å². The fourth-order valence-electron chi connectivity index (χ4n) is 3.08. The van der Waals surface area contributed by atoms with Gasteiger partial charge in [-0.25, -0.2) is 9.48 Å². The van der Waals surface area contributed by atoms with Crippen molar-refractivity contribution >= 4 is 29.3 Å². The molecule has 8 heteroatoms. The van der Waals surface area contributed by atoms with E-state index in [0.29, 0.717) is 22.6 Å². The van der Waals surface area contributed by atoms with Crippen molar-refractivity contribution in [2.24, 2.45) is 0 Å². The van der Waals surface area contributed by atoms with Crippen molar-refractivity contribution in [2.75, 3.05) is 19.0 Å². The number of benzene rings is 1. The van der Waals surface area contributed by atoms with Crippen LogP contribution in [0.4, 0.5) is 5.82 Å². The summed E-state index contributed by atoms with van der Waals surface area (Å²) in [4.78, 5) is 24.3. The number of rotatable bonds is 6. The van der Waals surface area contributed by atoms with Crippen molar-refractivity contribution < 1.29 is 19.1 Å². The molecule has 1 aromatic carbocycles. The fourth-order valence-corrected chi connectivity index (χ4v) is 3.25. The molecule has 0 saturated heterocycles. The molecule has 0 radical (unpaired) electrons. The molecular formula is C18H20ClN3O4. The lowest BCUT2D eigenvalue weighted by Gasteiger charge is -2.14. The summed E-state index contributed by atoms with van der Waals surface area (Å²) < 4.78 is 12.0. The SMILES string of the molecule is COc1ccc(Cl)cc1C(=O)OCC(=O)Nc1ccnn1C1CCCC1. The molecule has 0 aliphatic heterocycles. The zero-order valence-corrected chi connectivity index (χ0v) is 15.2. The molecule has 2 aromatic rings. The van der Waals surface area contributed by atoms with E-state index in [9.17, 15) is 9.59 Å². The van der Waals surface area contributed by atoms with Crippen LogP contribution >= 0.6 is 11.6 Å². The monoisotopic (exact) mass is 377 g/mol. The van der Waals surface area contributed by atoms with Crippen LogP contribution < -0.4 is 10.1 Å². The van der Waals surface area contributed by atoms with Crippen molar-refractivity contribution in [2.45, 2.75) is 31.7 Å². The van der Waals surface area contributed by atoms with E-state index in [0.717, 1.165) is 25.7 Å². The van der Waals surface area contributed by atoms with Crippen LogP contribution in [0.5, 0.6) is 5.75 Å². The van der Waals surface area contributed by atoms with Gasteiger partial charge in [-0.3, -0.25) is 4.79 Å². The minimum Gasteiger partial charge on any atom is -0.496 e. The predicted octanol–water partition coefficient (Wildman–Crippen LogP) is 3.46. The number of methoxy groups -OCH3 is 1. The second kappa shape index (κ2) is 8.23. The van der Waals surface area contributed by atoms with Crippen LogP contribution in [-0.4, -0.2) is 35.4 Å². The van der Waals surface area contributed by atoms with E-state index in [1.54, 1.807) is 24.4 Å². The first-order valence-corrected chi connectivity index (χ1v) is 8.80. The van der Waals surface area contributed by atoms with Gasteiger partial charge in [0.15, 0.2) is 6.61 Å². The highest BCUT2D eigenvalue weighted by molar-refractivity contribution is 6.31. The van der Waals surface area contributed by atoms with Gasteiger partial charge in [-0.05, 0) is 31.0 Å². The topological polar surface area (TPSA) is 82.4 Å². The highest BCUT2D eigenvalue weighted by atomic mass is 35.5. The highest BCUT2D eigenvalue weighted by Crippen LogP contribution is 2.31. The third kappa shape index (κ3) is 4.16. The van der Waals surface area contributed by atoms with Gasteiger partial charge in [-0.15, -0.1) is 0 Å². The zero-order chi connectivity index (χ0) is 18.5. The van der Waals surface area contributed by atoms with Crippen molar-refractivity contribution in [3.05, 3.63) is 41.0 Å². The van der Waals surface area contributed by atoms with Gasteiger partial charge in [0.25, 0.3) is 5.91 Å².